The topological polar surface area (TPSA) is 92.3 Å². The number of fused-ring (bicyclic) bond motifs is 3. The summed E-state index contributed by atoms with van der Waals surface area (Å²) < 4.78 is 28.6. The van der Waals surface area contributed by atoms with E-state index in [0.29, 0.717) is 48.9 Å². The quantitative estimate of drug-likeness (QED) is 0.694. The highest BCUT2D eigenvalue weighted by Gasteiger charge is 2.30. The predicted molar refractivity (Wildman–Crippen MR) is 127 cm³/mol. The smallest absolute Gasteiger partial charge is 0.223 e. The van der Waals surface area contributed by atoms with Crippen LogP contribution in [-0.2, 0) is 16.0 Å². The molecule has 1 amide bonds. The summed E-state index contributed by atoms with van der Waals surface area (Å²) in [4.78, 5) is 25.4. The van der Waals surface area contributed by atoms with Crippen molar-refractivity contribution in [2.45, 2.75) is 45.3 Å². The van der Waals surface area contributed by atoms with Crippen LogP contribution in [0.1, 0.15) is 42.5 Å². The minimum absolute atomic E-state index is 0.152. The van der Waals surface area contributed by atoms with E-state index in [0.717, 1.165) is 28.7 Å². The molecular weight excluding hydrogens is 438 g/mol. The molecule has 2 aliphatic rings. The Kier molecular flexibility index (Phi) is 6.97. The van der Waals surface area contributed by atoms with Crippen LogP contribution < -0.4 is 29.7 Å². The number of hydrogen-bond acceptors (Lipinski definition) is 7. The molecule has 1 fully saturated rings. The normalized spacial score (nSPS) is 18.9. The first-order valence-corrected chi connectivity index (χ1v) is 11.4. The molecule has 1 aliphatic heterocycles. The molecule has 1 heterocycles. The number of amides is 1. The van der Waals surface area contributed by atoms with E-state index in [1.165, 1.54) is 6.92 Å². The monoisotopic (exact) mass is 469 g/mol. The van der Waals surface area contributed by atoms with Crippen LogP contribution in [0.4, 0.5) is 0 Å². The average Bonchev–Trinajstić information content (AvgIpc) is 3.25. The molecule has 1 aliphatic carbocycles. The van der Waals surface area contributed by atoms with Gasteiger partial charge in [-0.3, -0.25) is 9.59 Å². The Balaban J connectivity index is 2.03. The van der Waals surface area contributed by atoms with Crippen LogP contribution in [-0.4, -0.2) is 46.6 Å². The Morgan fingerprint density at radius 3 is 2.41 bits per heavy atom. The van der Waals surface area contributed by atoms with Crippen molar-refractivity contribution in [1.29, 1.82) is 0 Å². The van der Waals surface area contributed by atoms with Crippen LogP contribution in [0.2, 0.25) is 0 Å². The van der Waals surface area contributed by atoms with E-state index < -0.39 is 0 Å². The maximum absolute atomic E-state index is 13.3. The average molecular weight is 470 g/mol. The third kappa shape index (κ3) is 4.42. The van der Waals surface area contributed by atoms with Gasteiger partial charge in [0.05, 0.1) is 40.6 Å². The fourth-order valence-electron chi connectivity index (χ4n) is 4.77. The molecule has 4 rings (SSSR count). The van der Waals surface area contributed by atoms with Crippen molar-refractivity contribution in [3.8, 4) is 34.1 Å². The standard InChI is InChI=1S/C26H31NO7/c1-14-10-19-18(12-21(24(14)29)34-17-8-9-33-13-17)20(27-15(2)28)7-6-16-11-22(30-3)25(31-4)26(32-5)23(16)19/h10-12,17,20H,6-9,13H2,1-5H3,(H,27,28)/t17-,20+/m1/s1. The first kappa shape index (κ1) is 23.9. The second-order valence-corrected chi connectivity index (χ2v) is 8.61. The van der Waals surface area contributed by atoms with Crippen LogP contribution in [0.25, 0.3) is 11.1 Å². The van der Waals surface area contributed by atoms with Gasteiger partial charge in [0.15, 0.2) is 17.2 Å². The molecule has 8 nitrogen and oxygen atoms in total. The Hall–Kier alpha value is -3.26. The minimum atomic E-state index is -0.324. The SMILES string of the molecule is COc1cc2c(c(OC)c1OC)-c1cc(C)c(=O)c(O[C@@H]3CCOC3)cc1[C@@H](NC(C)=O)CC2. The Morgan fingerprint density at radius 1 is 1.03 bits per heavy atom. The number of methoxy groups -OCH3 is 3. The lowest BCUT2D eigenvalue weighted by molar-refractivity contribution is -0.119. The lowest BCUT2D eigenvalue weighted by atomic mass is 9.95. The minimum Gasteiger partial charge on any atom is -0.493 e. The van der Waals surface area contributed by atoms with Gasteiger partial charge < -0.3 is 29.0 Å². The molecular formula is C26H31NO7. The van der Waals surface area contributed by atoms with E-state index in [2.05, 4.69) is 5.32 Å². The maximum atomic E-state index is 13.3. The summed E-state index contributed by atoms with van der Waals surface area (Å²) in [5.74, 6) is 1.66. The van der Waals surface area contributed by atoms with Crippen molar-refractivity contribution >= 4 is 5.91 Å². The van der Waals surface area contributed by atoms with E-state index in [1.807, 2.05) is 12.1 Å². The van der Waals surface area contributed by atoms with Crippen molar-refractivity contribution < 1.29 is 28.5 Å². The first-order chi connectivity index (χ1) is 16.4. The summed E-state index contributed by atoms with van der Waals surface area (Å²) in [6.45, 7) is 4.31. The van der Waals surface area contributed by atoms with Crippen LogP contribution in [0, 0.1) is 6.92 Å². The third-order valence-electron chi connectivity index (χ3n) is 6.36. The molecule has 0 saturated carbocycles. The van der Waals surface area contributed by atoms with Crippen molar-refractivity contribution in [1.82, 2.24) is 5.32 Å². The number of nitrogens with one attached hydrogen (secondary N) is 1. The molecule has 0 unspecified atom stereocenters. The van der Waals surface area contributed by atoms with Gasteiger partial charge in [0, 0.05) is 24.5 Å². The molecule has 2 aromatic carbocycles. The highest BCUT2D eigenvalue weighted by molar-refractivity contribution is 5.84. The number of carbonyl (C=O) groups excluding carboxylic acids is 1. The fourth-order valence-corrected chi connectivity index (χ4v) is 4.77. The zero-order valence-electron chi connectivity index (χ0n) is 20.3. The summed E-state index contributed by atoms with van der Waals surface area (Å²) >= 11 is 0. The Morgan fingerprint density at radius 2 is 1.79 bits per heavy atom. The largest absolute Gasteiger partial charge is 0.493 e. The summed E-state index contributed by atoms with van der Waals surface area (Å²) in [5.41, 5.74) is 3.71. The number of ether oxygens (including phenoxy) is 5. The summed E-state index contributed by atoms with van der Waals surface area (Å²) in [7, 11) is 4.72. The number of aryl methyl sites for hydroxylation is 2. The van der Waals surface area contributed by atoms with Gasteiger partial charge in [-0.15, -0.1) is 0 Å². The van der Waals surface area contributed by atoms with Crippen LogP contribution in [0.3, 0.4) is 0 Å². The van der Waals surface area contributed by atoms with E-state index in [-0.39, 0.29) is 29.2 Å². The number of hydrogen-bond donors (Lipinski definition) is 1. The molecule has 0 aromatic heterocycles. The lowest BCUT2D eigenvalue weighted by Gasteiger charge is -2.20. The highest BCUT2D eigenvalue weighted by atomic mass is 16.5. The molecule has 2 atom stereocenters. The van der Waals surface area contributed by atoms with Crippen molar-refractivity contribution in [3.63, 3.8) is 0 Å². The molecule has 8 heteroatoms. The molecule has 182 valence electrons. The third-order valence-corrected chi connectivity index (χ3v) is 6.36. The second-order valence-electron chi connectivity index (χ2n) is 8.61. The van der Waals surface area contributed by atoms with Gasteiger partial charge in [0.2, 0.25) is 17.1 Å². The Labute approximate surface area is 199 Å². The van der Waals surface area contributed by atoms with Gasteiger partial charge >= 0.3 is 0 Å². The van der Waals surface area contributed by atoms with E-state index >= 15 is 0 Å². The van der Waals surface area contributed by atoms with Crippen LogP contribution in [0.5, 0.6) is 23.0 Å². The first-order valence-electron chi connectivity index (χ1n) is 11.4. The van der Waals surface area contributed by atoms with Crippen molar-refractivity contribution in [2.75, 3.05) is 34.5 Å². The number of carbonyl (C=O) groups is 1. The molecule has 0 radical (unpaired) electrons. The number of benzene rings is 1. The van der Waals surface area contributed by atoms with Gasteiger partial charge in [-0.2, -0.15) is 0 Å². The highest BCUT2D eigenvalue weighted by Crippen LogP contribution is 2.50. The molecule has 2 aromatic rings. The number of rotatable bonds is 6. The molecule has 0 spiro atoms. The predicted octanol–water partition coefficient (Wildman–Crippen LogP) is 3.34. The van der Waals surface area contributed by atoms with Crippen molar-refractivity contribution in [3.05, 3.63) is 45.1 Å². The van der Waals surface area contributed by atoms with Crippen molar-refractivity contribution in [2.24, 2.45) is 0 Å². The lowest BCUT2D eigenvalue weighted by Crippen LogP contribution is -2.26. The molecule has 0 bridgehead atoms. The van der Waals surface area contributed by atoms with Crippen LogP contribution in [0.15, 0.2) is 23.0 Å². The van der Waals surface area contributed by atoms with E-state index in [9.17, 15) is 9.59 Å². The van der Waals surface area contributed by atoms with E-state index in [4.69, 9.17) is 23.7 Å². The van der Waals surface area contributed by atoms with Gasteiger partial charge in [-0.05, 0) is 54.7 Å². The molecule has 1 N–H and O–H groups in total. The Bertz CT molecular complexity index is 1150. The maximum Gasteiger partial charge on any atom is 0.223 e. The zero-order chi connectivity index (χ0) is 24.4. The summed E-state index contributed by atoms with van der Waals surface area (Å²) in [5, 5.41) is 3.06. The van der Waals surface area contributed by atoms with Gasteiger partial charge in [-0.1, -0.05) is 0 Å². The fraction of sp³-hybridized carbons (Fsp3) is 0.462. The summed E-state index contributed by atoms with van der Waals surface area (Å²) in [6.07, 6.45) is 1.83. The second kappa shape index (κ2) is 9.93. The zero-order valence-corrected chi connectivity index (χ0v) is 20.3. The van der Waals surface area contributed by atoms with E-state index in [1.54, 1.807) is 34.3 Å². The van der Waals surface area contributed by atoms with Gasteiger partial charge in [0.1, 0.15) is 6.10 Å². The summed E-state index contributed by atoms with van der Waals surface area (Å²) in [6, 6.07) is 5.23. The van der Waals surface area contributed by atoms with Crippen LogP contribution >= 0.6 is 0 Å². The van der Waals surface area contributed by atoms with Gasteiger partial charge in [0.25, 0.3) is 0 Å². The molecule has 34 heavy (non-hydrogen) atoms. The molecule has 1 saturated heterocycles. The van der Waals surface area contributed by atoms with Gasteiger partial charge in [-0.25, -0.2) is 0 Å².